The molecule has 0 bridgehead atoms. The molecule has 2 aliphatic rings. The number of imidazole rings is 1. The standard InChI is InChI=1S/C13H22N4/c1-17-6-2-10(3-7-17)11-8-15-12(16-11)13(9-14)4-5-13/h8,10H,2-7,9,14H2,1H3,(H,15,16). The molecule has 3 rings (SSSR count). The van der Waals surface area contributed by atoms with E-state index >= 15 is 0 Å². The van der Waals surface area contributed by atoms with Crippen molar-refractivity contribution in [3.8, 4) is 0 Å². The Bertz CT molecular complexity index is 386. The van der Waals surface area contributed by atoms with Crippen molar-refractivity contribution in [2.45, 2.75) is 37.0 Å². The summed E-state index contributed by atoms with van der Waals surface area (Å²) in [6.45, 7) is 3.12. The van der Waals surface area contributed by atoms with Crippen LogP contribution < -0.4 is 5.73 Å². The zero-order chi connectivity index (χ0) is 11.9. The van der Waals surface area contributed by atoms with Crippen LogP contribution in [0, 0.1) is 0 Å². The molecule has 4 heteroatoms. The van der Waals surface area contributed by atoms with Crippen molar-refractivity contribution in [2.24, 2.45) is 5.73 Å². The second kappa shape index (κ2) is 4.10. The van der Waals surface area contributed by atoms with Crippen LogP contribution in [0.1, 0.15) is 43.1 Å². The van der Waals surface area contributed by atoms with Crippen LogP contribution in [0.3, 0.4) is 0 Å². The Labute approximate surface area is 103 Å². The first-order valence-electron chi connectivity index (χ1n) is 6.67. The minimum Gasteiger partial charge on any atom is -0.345 e. The van der Waals surface area contributed by atoms with Crippen molar-refractivity contribution >= 4 is 0 Å². The fourth-order valence-corrected chi connectivity index (χ4v) is 2.82. The second-order valence-corrected chi connectivity index (χ2v) is 5.75. The molecule has 0 spiro atoms. The molecule has 1 saturated heterocycles. The lowest BCUT2D eigenvalue weighted by Crippen LogP contribution is -2.29. The lowest BCUT2D eigenvalue weighted by atomic mass is 9.94. The number of aromatic amines is 1. The maximum absolute atomic E-state index is 5.84. The van der Waals surface area contributed by atoms with Crippen LogP contribution in [0.15, 0.2) is 6.20 Å². The monoisotopic (exact) mass is 234 g/mol. The predicted octanol–water partition coefficient (Wildman–Crippen LogP) is 1.21. The number of aromatic nitrogens is 2. The van der Waals surface area contributed by atoms with Crippen molar-refractivity contribution in [1.29, 1.82) is 0 Å². The van der Waals surface area contributed by atoms with Gasteiger partial charge in [0.05, 0.1) is 0 Å². The molecule has 2 heterocycles. The van der Waals surface area contributed by atoms with E-state index in [9.17, 15) is 0 Å². The maximum Gasteiger partial charge on any atom is 0.113 e. The van der Waals surface area contributed by atoms with Crippen molar-refractivity contribution in [3.63, 3.8) is 0 Å². The molecule has 0 radical (unpaired) electrons. The summed E-state index contributed by atoms with van der Waals surface area (Å²) in [5, 5.41) is 0. The molecule has 1 aliphatic heterocycles. The van der Waals surface area contributed by atoms with Crippen LogP contribution in [0.4, 0.5) is 0 Å². The molecule has 1 saturated carbocycles. The van der Waals surface area contributed by atoms with Gasteiger partial charge in [0, 0.05) is 29.8 Å². The molecular formula is C13H22N4. The summed E-state index contributed by atoms with van der Waals surface area (Å²) in [5.74, 6) is 1.80. The molecule has 0 aromatic carbocycles. The normalized spacial score (nSPS) is 25.1. The van der Waals surface area contributed by atoms with Gasteiger partial charge in [-0.1, -0.05) is 0 Å². The summed E-state index contributed by atoms with van der Waals surface area (Å²) in [6, 6.07) is 0. The number of hydrogen-bond acceptors (Lipinski definition) is 3. The van der Waals surface area contributed by atoms with Gasteiger partial charge in [0.1, 0.15) is 5.82 Å². The van der Waals surface area contributed by atoms with Crippen LogP contribution in [0.2, 0.25) is 0 Å². The van der Waals surface area contributed by atoms with Gasteiger partial charge in [-0.3, -0.25) is 0 Å². The third kappa shape index (κ3) is 2.00. The van der Waals surface area contributed by atoms with Crippen LogP contribution in [-0.2, 0) is 5.41 Å². The third-order valence-electron chi connectivity index (χ3n) is 4.50. The highest BCUT2D eigenvalue weighted by molar-refractivity contribution is 5.22. The first kappa shape index (κ1) is 11.2. The van der Waals surface area contributed by atoms with Gasteiger partial charge in [-0.15, -0.1) is 0 Å². The highest BCUT2D eigenvalue weighted by Crippen LogP contribution is 2.46. The number of nitrogens with one attached hydrogen (secondary N) is 1. The van der Waals surface area contributed by atoms with E-state index in [0.29, 0.717) is 5.92 Å². The second-order valence-electron chi connectivity index (χ2n) is 5.75. The zero-order valence-electron chi connectivity index (χ0n) is 10.6. The SMILES string of the molecule is CN1CCC(c2cnc(C3(CN)CC3)[nH]2)CC1. The smallest absolute Gasteiger partial charge is 0.113 e. The predicted molar refractivity (Wildman–Crippen MR) is 68.0 cm³/mol. The van der Waals surface area contributed by atoms with Crippen LogP contribution in [0.5, 0.6) is 0 Å². The van der Waals surface area contributed by atoms with E-state index in [1.54, 1.807) is 0 Å². The molecule has 0 unspecified atom stereocenters. The van der Waals surface area contributed by atoms with Gasteiger partial charge in [0.25, 0.3) is 0 Å². The van der Waals surface area contributed by atoms with Gasteiger partial charge in [0.15, 0.2) is 0 Å². The number of nitrogens with zero attached hydrogens (tertiary/aromatic N) is 2. The average Bonchev–Trinajstić information content (AvgIpc) is 3.00. The van der Waals surface area contributed by atoms with Gasteiger partial charge in [0.2, 0.25) is 0 Å². The van der Waals surface area contributed by atoms with E-state index < -0.39 is 0 Å². The summed E-state index contributed by atoms with van der Waals surface area (Å²) >= 11 is 0. The first-order valence-corrected chi connectivity index (χ1v) is 6.67. The molecular weight excluding hydrogens is 212 g/mol. The van der Waals surface area contributed by atoms with Gasteiger partial charge in [-0.2, -0.15) is 0 Å². The van der Waals surface area contributed by atoms with Crippen LogP contribution >= 0.6 is 0 Å². The van der Waals surface area contributed by atoms with Crippen molar-refractivity contribution < 1.29 is 0 Å². The number of likely N-dealkylation sites (tertiary alicyclic amines) is 1. The van der Waals surface area contributed by atoms with E-state index in [0.717, 1.165) is 12.4 Å². The molecule has 0 atom stereocenters. The first-order chi connectivity index (χ1) is 8.23. The Morgan fingerprint density at radius 3 is 2.76 bits per heavy atom. The quantitative estimate of drug-likeness (QED) is 0.826. The van der Waals surface area contributed by atoms with Crippen molar-refractivity contribution in [1.82, 2.24) is 14.9 Å². The van der Waals surface area contributed by atoms with Gasteiger partial charge in [-0.05, 0) is 45.8 Å². The van der Waals surface area contributed by atoms with Gasteiger partial charge in [-0.25, -0.2) is 4.98 Å². The van der Waals surface area contributed by atoms with Gasteiger partial charge >= 0.3 is 0 Å². The topological polar surface area (TPSA) is 57.9 Å². The van der Waals surface area contributed by atoms with E-state index in [4.69, 9.17) is 5.73 Å². The van der Waals surface area contributed by atoms with Crippen LogP contribution in [0.25, 0.3) is 0 Å². The Morgan fingerprint density at radius 2 is 2.18 bits per heavy atom. The Hall–Kier alpha value is -0.870. The Morgan fingerprint density at radius 1 is 1.47 bits per heavy atom. The molecule has 1 aromatic rings. The molecule has 17 heavy (non-hydrogen) atoms. The third-order valence-corrected chi connectivity index (χ3v) is 4.50. The molecule has 94 valence electrons. The lowest BCUT2D eigenvalue weighted by Gasteiger charge is -2.28. The van der Waals surface area contributed by atoms with E-state index in [2.05, 4.69) is 21.9 Å². The summed E-state index contributed by atoms with van der Waals surface area (Å²) in [7, 11) is 2.20. The van der Waals surface area contributed by atoms with Crippen LogP contribution in [-0.4, -0.2) is 41.5 Å². The Balaban J connectivity index is 1.72. The molecule has 0 amide bonds. The molecule has 1 aliphatic carbocycles. The van der Waals surface area contributed by atoms with E-state index in [-0.39, 0.29) is 5.41 Å². The summed E-state index contributed by atoms with van der Waals surface area (Å²) in [6.07, 6.45) is 6.93. The minimum atomic E-state index is 0.198. The van der Waals surface area contributed by atoms with Crippen molar-refractivity contribution in [2.75, 3.05) is 26.7 Å². The molecule has 2 fully saturated rings. The summed E-state index contributed by atoms with van der Waals surface area (Å²) in [4.78, 5) is 10.5. The van der Waals surface area contributed by atoms with E-state index in [1.165, 1.54) is 44.5 Å². The molecule has 3 N–H and O–H groups in total. The van der Waals surface area contributed by atoms with Crippen molar-refractivity contribution in [3.05, 3.63) is 17.7 Å². The zero-order valence-corrected chi connectivity index (χ0v) is 10.6. The fraction of sp³-hybridized carbons (Fsp3) is 0.769. The largest absolute Gasteiger partial charge is 0.345 e. The molecule has 4 nitrogen and oxygen atoms in total. The Kier molecular flexibility index (Phi) is 2.71. The highest BCUT2D eigenvalue weighted by atomic mass is 15.1. The number of rotatable bonds is 3. The van der Waals surface area contributed by atoms with Gasteiger partial charge < -0.3 is 15.6 Å². The minimum absolute atomic E-state index is 0.198. The summed E-state index contributed by atoms with van der Waals surface area (Å²) < 4.78 is 0. The van der Waals surface area contributed by atoms with E-state index in [1.807, 2.05) is 6.20 Å². The number of piperidine rings is 1. The fourth-order valence-electron chi connectivity index (χ4n) is 2.82. The number of H-pyrrole nitrogens is 1. The maximum atomic E-state index is 5.84. The highest BCUT2D eigenvalue weighted by Gasteiger charge is 2.45. The number of nitrogens with two attached hydrogens (primary N) is 1. The number of hydrogen-bond donors (Lipinski definition) is 2. The molecule has 1 aromatic heterocycles. The summed E-state index contributed by atoms with van der Waals surface area (Å²) in [5.41, 5.74) is 7.36. The average molecular weight is 234 g/mol. The lowest BCUT2D eigenvalue weighted by molar-refractivity contribution is 0.253.